The van der Waals surface area contributed by atoms with Gasteiger partial charge >= 0.3 is 0 Å². The van der Waals surface area contributed by atoms with Gasteiger partial charge in [-0.1, -0.05) is 39.3 Å². The first-order chi connectivity index (χ1) is 9.49. The Morgan fingerprint density at radius 3 is 2.65 bits per heavy atom. The van der Waals surface area contributed by atoms with Gasteiger partial charge in [-0.3, -0.25) is 0 Å². The largest absolute Gasteiger partial charge is 0.328 e. The van der Waals surface area contributed by atoms with Crippen molar-refractivity contribution in [3.63, 3.8) is 0 Å². The number of para-hydroxylation sites is 2. The van der Waals surface area contributed by atoms with Crippen LogP contribution in [0.4, 0.5) is 0 Å². The van der Waals surface area contributed by atoms with E-state index in [4.69, 9.17) is 10.7 Å². The van der Waals surface area contributed by atoms with Crippen molar-refractivity contribution in [1.29, 1.82) is 0 Å². The Labute approximate surface area is 122 Å². The zero-order valence-corrected chi connectivity index (χ0v) is 13.2. The second-order valence-corrected chi connectivity index (χ2v) is 6.16. The molecule has 2 aromatic rings. The van der Waals surface area contributed by atoms with E-state index in [9.17, 15) is 0 Å². The van der Waals surface area contributed by atoms with Crippen molar-refractivity contribution in [2.24, 2.45) is 11.7 Å². The summed E-state index contributed by atoms with van der Waals surface area (Å²) < 4.78 is 2.34. The topological polar surface area (TPSA) is 43.8 Å². The van der Waals surface area contributed by atoms with Crippen molar-refractivity contribution in [3.05, 3.63) is 30.1 Å². The molecule has 0 aliphatic carbocycles. The molecule has 2 rings (SSSR count). The monoisotopic (exact) mass is 273 g/mol. The first kappa shape index (κ1) is 15.0. The lowest BCUT2D eigenvalue weighted by Gasteiger charge is -2.31. The lowest BCUT2D eigenvalue weighted by molar-refractivity contribution is 0.298. The zero-order valence-electron chi connectivity index (χ0n) is 13.2. The molecule has 0 aliphatic rings. The molecule has 110 valence electrons. The van der Waals surface area contributed by atoms with Gasteiger partial charge in [-0.05, 0) is 31.4 Å². The number of imidazole rings is 1. The molecule has 3 heteroatoms. The number of rotatable bonds is 6. The molecule has 0 bridgehead atoms. The minimum Gasteiger partial charge on any atom is -0.328 e. The van der Waals surface area contributed by atoms with Crippen molar-refractivity contribution < 1.29 is 0 Å². The normalized spacial score (nSPS) is 16.2. The first-order valence-corrected chi connectivity index (χ1v) is 7.72. The molecule has 0 amide bonds. The van der Waals surface area contributed by atoms with Crippen LogP contribution in [0.2, 0.25) is 0 Å². The third-order valence-corrected chi connectivity index (χ3v) is 4.46. The van der Waals surface area contributed by atoms with Gasteiger partial charge in [0.25, 0.3) is 0 Å². The second kappa shape index (κ2) is 5.96. The molecule has 2 unspecified atom stereocenters. The number of benzene rings is 1. The maximum absolute atomic E-state index is 6.54. The van der Waals surface area contributed by atoms with Crippen LogP contribution >= 0.6 is 0 Å². The number of hydrogen-bond donors (Lipinski definition) is 1. The van der Waals surface area contributed by atoms with Gasteiger partial charge in [-0.25, -0.2) is 4.98 Å². The summed E-state index contributed by atoms with van der Waals surface area (Å²) in [5.74, 6) is 1.61. The second-order valence-electron chi connectivity index (χ2n) is 6.16. The molecule has 0 aliphatic heterocycles. The maximum Gasteiger partial charge on any atom is 0.111 e. The molecule has 2 N–H and O–H groups in total. The molecule has 1 aromatic heterocycles. The molecule has 0 saturated carbocycles. The highest BCUT2D eigenvalue weighted by Gasteiger charge is 2.28. The predicted molar refractivity (Wildman–Crippen MR) is 85.8 cm³/mol. The third kappa shape index (κ3) is 2.88. The van der Waals surface area contributed by atoms with Crippen molar-refractivity contribution in [2.75, 3.05) is 0 Å². The number of nitrogens with two attached hydrogens (primary N) is 1. The van der Waals surface area contributed by atoms with Crippen LogP contribution < -0.4 is 5.73 Å². The average molecular weight is 273 g/mol. The summed E-state index contributed by atoms with van der Waals surface area (Å²) in [6.07, 6.45) is 3.04. The van der Waals surface area contributed by atoms with Crippen LogP contribution in [0.15, 0.2) is 24.3 Å². The summed E-state index contributed by atoms with van der Waals surface area (Å²) >= 11 is 0. The molecule has 0 fully saturated rings. The lowest BCUT2D eigenvalue weighted by atomic mass is 9.83. The van der Waals surface area contributed by atoms with Crippen molar-refractivity contribution in [3.8, 4) is 0 Å². The summed E-state index contributed by atoms with van der Waals surface area (Å²) in [5, 5.41) is 0. The number of nitrogens with zero attached hydrogens (tertiary/aromatic N) is 2. The van der Waals surface area contributed by atoms with E-state index in [1.165, 1.54) is 5.52 Å². The fourth-order valence-corrected chi connectivity index (χ4v) is 2.71. The van der Waals surface area contributed by atoms with Gasteiger partial charge in [0.2, 0.25) is 0 Å². The van der Waals surface area contributed by atoms with Crippen LogP contribution in [0, 0.1) is 5.92 Å². The highest BCUT2D eigenvalue weighted by molar-refractivity contribution is 5.75. The zero-order chi connectivity index (χ0) is 14.8. The first-order valence-electron chi connectivity index (χ1n) is 7.72. The van der Waals surface area contributed by atoms with Crippen LogP contribution in [0.3, 0.4) is 0 Å². The SMILES string of the molecule is CCCn1c(CC(C)(N)C(C)CC)nc2ccccc21. The van der Waals surface area contributed by atoms with Gasteiger partial charge in [0.15, 0.2) is 0 Å². The van der Waals surface area contributed by atoms with E-state index < -0.39 is 0 Å². The van der Waals surface area contributed by atoms with Crippen LogP contribution in [0.25, 0.3) is 11.0 Å². The molecule has 1 aromatic carbocycles. The number of hydrogen-bond acceptors (Lipinski definition) is 2. The van der Waals surface area contributed by atoms with E-state index in [0.717, 1.165) is 37.1 Å². The van der Waals surface area contributed by atoms with Gasteiger partial charge in [-0.2, -0.15) is 0 Å². The molecule has 1 heterocycles. The van der Waals surface area contributed by atoms with Crippen molar-refractivity contribution in [1.82, 2.24) is 9.55 Å². The van der Waals surface area contributed by atoms with Gasteiger partial charge in [-0.15, -0.1) is 0 Å². The maximum atomic E-state index is 6.54. The molecule has 0 spiro atoms. The average Bonchev–Trinajstić information content (AvgIpc) is 2.75. The van der Waals surface area contributed by atoms with Gasteiger partial charge in [0.05, 0.1) is 11.0 Å². The van der Waals surface area contributed by atoms with E-state index in [1.54, 1.807) is 0 Å². The molecule has 0 radical (unpaired) electrons. The van der Waals surface area contributed by atoms with Crippen molar-refractivity contribution in [2.45, 2.75) is 59.0 Å². The number of aryl methyl sites for hydroxylation is 1. The third-order valence-electron chi connectivity index (χ3n) is 4.46. The van der Waals surface area contributed by atoms with Crippen LogP contribution in [-0.4, -0.2) is 15.1 Å². The Balaban J connectivity index is 2.40. The van der Waals surface area contributed by atoms with Crippen LogP contribution in [0.1, 0.15) is 46.4 Å². The highest BCUT2D eigenvalue weighted by atomic mass is 15.1. The minimum atomic E-state index is -0.207. The molecule has 20 heavy (non-hydrogen) atoms. The summed E-state index contributed by atoms with van der Waals surface area (Å²) in [6.45, 7) is 9.79. The predicted octanol–water partition coefficient (Wildman–Crippen LogP) is 3.75. The van der Waals surface area contributed by atoms with E-state index in [0.29, 0.717) is 5.92 Å². The summed E-state index contributed by atoms with van der Waals surface area (Å²) in [5.41, 5.74) is 8.64. The molecule has 2 atom stereocenters. The molecular weight excluding hydrogens is 246 g/mol. The van der Waals surface area contributed by atoms with E-state index >= 15 is 0 Å². The van der Waals surface area contributed by atoms with Crippen molar-refractivity contribution >= 4 is 11.0 Å². The van der Waals surface area contributed by atoms with Gasteiger partial charge < -0.3 is 10.3 Å². The smallest absolute Gasteiger partial charge is 0.111 e. The molecule has 3 nitrogen and oxygen atoms in total. The standard InChI is InChI=1S/C17H27N3/c1-5-11-20-15-10-8-7-9-14(15)19-16(20)12-17(4,18)13(3)6-2/h7-10,13H,5-6,11-12,18H2,1-4H3. The van der Waals surface area contributed by atoms with E-state index in [1.807, 2.05) is 6.07 Å². The fourth-order valence-electron chi connectivity index (χ4n) is 2.71. The summed E-state index contributed by atoms with van der Waals surface area (Å²) in [6, 6.07) is 8.36. The number of fused-ring (bicyclic) bond motifs is 1. The highest BCUT2D eigenvalue weighted by Crippen LogP contribution is 2.24. The van der Waals surface area contributed by atoms with Crippen LogP contribution in [-0.2, 0) is 13.0 Å². The fraction of sp³-hybridized carbons (Fsp3) is 0.588. The van der Waals surface area contributed by atoms with E-state index in [2.05, 4.69) is 50.5 Å². The minimum absolute atomic E-state index is 0.207. The Morgan fingerprint density at radius 2 is 2.00 bits per heavy atom. The molecule has 0 saturated heterocycles. The van der Waals surface area contributed by atoms with Gasteiger partial charge in [0.1, 0.15) is 5.82 Å². The van der Waals surface area contributed by atoms with Crippen LogP contribution in [0.5, 0.6) is 0 Å². The lowest BCUT2D eigenvalue weighted by Crippen LogP contribution is -2.45. The quantitative estimate of drug-likeness (QED) is 0.871. The Kier molecular flexibility index (Phi) is 4.48. The Hall–Kier alpha value is -1.35. The molecular formula is C17H27N3. The Bertz CT molecular complexity index is 569. The van der Waals surface area contributed by atoms with E-state index in [-0.39, 0.29) is 5.54 Å². The number of aromatic nitrogens is 2. The summed E-state index contributed by atoms with van der Waals surface area (Å²) in [7, 11) is 0. The van der Waals surface area contributed by atoms with Gasteiger partial charge in [0, 0.05) is 18.5 Å². The Morgan fingerprint density at radius 1 is 1.30 bits per heavy atom. The summed E-state index contributed by atoms with van der Waals surface area (Å²) in [4.78, 5) is 4.82.